The molecule has 0 aliphatic heterocycles. The van der Waals surface area contributed by atoms with Crippen LogP contribution < -0.4 is 9.62 Å². The highest BCUT2D eigenvalue weighted by Gasteiger charge is 2.33. The fraction of sp³-hybridized carbons (Fsp3) is 0.355. The number of nitrogens with one attached hydrogen (secondary N) is 1. The van der Waals surface area contributed by atoms with Crippen LogP contribution in [0.25, 0.3) is 0 Å². The van der Waals surface area contributed by atoms with Crippen molar-refractivity contribution < 1.29 is 18.0 Å². The monoisotopic (exact) mass is 627 g/mol. The van der Waals surface area contributed by atoms with Crippen LogP contribution in [0.4, 0.5) is 5.69 Å². The van der Waals surface area contributed by atoms with Crippen molar-refractivity contribution in [3.63, 3.8) is 0 Å². The first-order valence-electron chi connectivity index (χ1n) is 13.5. The lowest BCUT2D eigenvalue weighted by atomic mass is 10.1. The molecule has 7 nitrogen and oxygen atoms in total. The summed E-state index contributed by atoms with van der Waals surface area (Å²) in [6.45, 7) is 8.07. The molecule has 0 bridgehead atoms. The minimum absolute atomic E-state index is 0.0892. The molecule has 0 aliphatic carbocycles. The average molecular weight is 629 g/mol. The van der Waals surface area contributed by atoms with Gasteiger partial charge in [-0.3, -0.25) is 13.9 Å². The Labute approximate surface area is 246 Å². The molecule has 214 valence electrons. The van der Waals surface area contributed by atoms with E-state index in [2.05, 4.69) is 21.2 Å². The van der Waals surface area contributed by atoms with Crippen molar-refractivity contribution in [3.8, 4) is 0 Å². The van der Waals surface area contributed by atoms with Crippen molar-refractivity contribution in [2.75, 3.05) is 23.9 Å². The van der Waals surface area contributed by atoms with E-state index in [1.165, 1.54) is 4.90 Å². The number of hydrogen-bond acceptors (Lipinski definition) is 4. The van der Waals surface area contributed by atoms with E-state index < -0.39 is 28.5 Å². The van der Waals surface area contributed by atoms with E-state index in [0.29, 0.717) is 25.1 Å². The zero-order valence-corrected chi connectivity index (χ0v) is 25.9. The highest BCUT2D eigenvalue weighted by Crippen LogP contribution is 2.26. The zero-order chi connectivity index (χ0) is 29.3. The second-order valence-corrected chi connectivity index (χ2v) is 13.0. The maximum atomic E-state index is 14.0. The van der Waals surface area contributed by atoms with Crippen molar-refractivity contribution in [1.82, 2.24) is 10.2 Å². The SMILES string of the molecule is CCC(C(=O)NCC(C)C)N(CCc1ccccc1)C(=O)CN(c1ccc(Br)cc1)S(=O)(=O)c1ccc(C)cc1. The van der Waals surface area contributed by atoms with Gasteiger partial charge in [-0.15, -0.1) is 0 Å². The highest BCUT2D eigenvalue weighted by molar-refractivity contribution is 9.10. The van der Waals surface area contributed by atoms with Gasteiger partial charge in [0.15, 0.2) is 0 Å². The Hall–Kier alpha value is -3.17. The summed E-state index contributed by atoms with van der Waals surface area (Å²) in [5.74, 6) is -0.433. The van der Waals surface area contributed by atoms with E-state index in [1.54, 1.807) is 48.5 Å². The zero-order valence-electron chi connectivity index (χ0n) is 23.5. The summed E-state index contributed by atoms with van der Waals surface area (Å²) in [6, 6.07) is 22.3. The molecule has 1 unspecified atom stereocenters. The van der Waals surface area contributed by atoms with E-state index in [0.717, 1.165) is 19.9 Å². The quantitative estimate of drug-likeness (QED) is 0.268. The van der Waals surface area contributed by atoms with Crippen LogP contribution in [-0.4, -0.2) is 50.8 Å². The number of aryl methyl sites for hydroxylation is 1. The lowest BCUT2D eigenvalue weighted by Crippen LogP contribution is -2.53. The molecule has 3 aromatic rings. The first-order valence-corrected chi connectivity index (χ1v) is 15.7. The topological polar surface area (TPSA) is 86.8 Å². The number of benzene rings is 3. The Bertz CT molecular complexity index is 1360. The Morgan fingerprint density at radius 1 is 0.925 bits per heavy atom. The van der Waals surface area contributed by atoms with Gasteiger partial charge in [-0.1, -0.05) is 84.7 Å². The molecule has 0 fully saturated rings. The molecule has 0 radical (unpaired) electrons. The predicted molar refractivity (Wildman–Crippen MR) is 164 cm³/mol. The van der Waals surface area contributed by atoms with Gasteiger partial charge >= 0.3 is 0 Å². The second kappa shape index (κ2) is 14.5. The maximum absolute atomic E-state index is 14.0. The van der Waals surface area contributed by atoms with Crippen LogP contribution in [0.5, 0.6) is 0 Å². The van der Waals surface area contributed by atoms with Gasteiger partial charge in [0.05, 0.1) is 10.6 Å². The third kappa shape index (κ3) is 8.41. The molecule has 0 heterocycles. The molecular formula is C31H38BrN3O4S. The molecule has 0 aliphatic rings. The van der Waals surface area contributed by atoms with Crippen LogP contribution in [0.15, 0.2) is 88.2 Å². The van der Waals surface area contributed by atoms with Gasteiger partial charge in [-0.25, -0.2) is 8.42 Å². The Balaban J connectivity index is 1.99. The number of sulfonamides is 1. The fourth-order valence-corrected chi connectivity index (χ4v) is 5.97. The molecule has 0 spiro atoms. The van der Waals surface area contributed by atoms with Crippen molar-refractivity contribution >= 4 is 43.5 Å². The largest absolute Gasteiger partial charge is 0.354 e. The van der Waals surface area contributed by atoms with Gasteiger partial charge in [0.2, 0.25) is 11.8 Å². The number of anilines is 1. The molecule has 2 amide bonds. The normalized spacial score (nSPS) is 12.2. The fourth-order valence-electron chi connectivity index (χ4n) is 4.29. The van der Waals surface area contributed by atoms with E-state index >= 15 is 0 Å². The summed E-state index contributed by atoms with van der Waals surface area (Å²) in [5, 5.41) is 2.95. The molecule has 9 heteroatoms. The predicted octanol–water partition coefficient (Wildman–Crippen LogP) is 5.57. The van der Waals surface area contributed by atoms with Crippen LogP contribution >= 0.6 is 15.9 Å². The number of amides is 2. The lowest BCUT2D eigenvalue weighted by Gasteiger charge is -2.33. The minimum Gasteiger partial charge on any atom is -0.354 e. The van der Waals surface area contributed by atoms with Crippen LogP contribution in [0.2, 0.25) is 0 Å². The van der Waals surface area contributed by atoms with E-state index in [1.807, 2.05) is 58.0 Å². The second-order valence-electron chi connectivity index (χ2n) is 10.2. The van der Waals surface area contributed by atoms with Crippen LogP contribution in [0, 0.1) is 12.8 Å². The summed E-state index contributed by atoms with van der Waals surface area (Å²) in [6.07, 6.45) is 0.928. The Kier molecular flexibility index (Phi) is 11.3. The lowest BCUT2D eigenvalue weighted by molar-refractivity contribution is -0.139. The summed E-state index contributed by atoms with van der Waals surface area (Å²) in [7, 11) is -4.08. The van der Waals surface area contributed by atoms with Gasteiger partial charge in [0.25, 0.3) is 10.0 Å². The van der Waals surface area contributed by atoms with Crippen molar-refractivity contribution in [2.45, 2.75) is 51.5 Å². The number of hydrogen-bond donors (Lipinski definition) is 1. The van der Waals surface area contributed by atoms with Crippen molar-refractivity contribution in [2.24, 2.45) is 5.92 Å². The summed E-state index contributed by atoms with van der Waals surface area (Å²) in [5.41, 5.74) is 2.31. The molecule has 1 atom stereocenters. The van der Waals surface area contributed by atoms with E-state index in [4.69, 9.17) is 0 Å². The first-order chi connectivity index (χ1) is 19.0. The molecule has 1 N–H and O–H groups in total. The highest BCUT2D eigenvalue weighted by atomic mass is 79.9. The molecule has 40 heavy (non-hydrogen) atoms. The van der Waals surface area contributed by atoms with E-state index in [9.17, 15) is 18.0 Å². The average Bonchev–Trinajstić information content (AvgIpc) is 2.93. The number of halogens is 1. The minimum atomic E-state index is -4.08. The van der Waals surface area contributed by atoms with Gasteiger partial charge in [0, 0.05) is 17.6 Å². The number of carbonyl (C=O) groups excluding carboxylic acids is 2. The third-order valence-corrected chi connectivity index (χ3v) is 8.87. The Morgan fingerprint density at radius 3 is 2.12 bits per heavy atom. The summed E-state index contributed by atoms with van der Waals surface area (Å²) >= 11 is 3.40. The van der Waals surface area contributed by atoms with Gasteiger partial charge in [-0.2, -0.15) is 0 Å². The molecular weight excluding hydrogens is 590 g/mol. The number of rotatable bonds is 13. The van der Waals surface area contributed by atoms with Crippen molar-refractivity contribution in [3.05, 3.63) is 94.5 Å². The molecule has 3 rings (SSSR count). The van der Waals surface area contributed by atoms with Crippen LogP contribution in [0.1, 0.15) is 38.3 Å². The molecule has 0 saturated carbocycles. The third-order valence-electron chi connectivity index (χ3n) is 6.56. The smallest absolute Gasteiger partial charge is 0.264 e. The van der Waals surface area contributed by atoms with Crippen LogP contribution in [-0.2, 0) is 26.0 Å². The Morgan fingerprint density at radius 2 is 1.55 bits per heavy atom. The summed E-state index contributed by atoms with van der Waals surface area (Å²) < 4.78 is 29.7. The maximum Gasteiger partial charge on any atom is 0.264 e. The number of nitrogens with zero attached hydrogens (tertiary/aromatic N) is 2. The standard InChI is InChI=1S/C31H38BrN3O4S/c1-5-29(31(37)33-21-23(2)3)34(20-19-25-9-7-6-8-10-25)30(36)22-35(27-15-13-26(32)14-16-27)40(38,39)28-17-11-24(4)12-18-28/h6-18,23,29H,5,19-22H2,1-4H3,(H,33,37). The first kappa shape index (κ1) is 31.4. The molecule has 3 aromatic carbocycles. The van der Waals surface area contributed by atoms with Crippen molar-refractivity contribution in [1.29, 1.82) is 0 Å². The van der Waals surface area contributed by atoms with Crippen LogP contribution in [0.3, 0.4) is 0 Å². The number of carbonyl (C=O) groups is 2. The van der Waals surface area contributed by atoms with Gasteiger partial charge < -0.3 is 10.2 Å². The van der Waals surface area contributed by atoms with E-state index in [-0.39, 0.29) is 23.3 Å². The molecule has 0 aromatic heterocycles. The van der Waals surface area contributed by atoms with Gasteiger partial charge in [-0.05, 0) is 67.6 Å². The molecule has 0 saturated heterocycles. The van der Waals surface area contributed by atoms with Gasteiger partial charge in [0.1, 0.15) is 12.6 Å². The summed E-state index contributed by atoms with van der Waals surface area (Å²) in [4.78, 5) is 28.9.